The van der Waals surface area contributed by atoms with Crippen LogP contribution in [-0.2, 0) is 21.4 Å². The van der Waals surface area contributed by atoms with Crippen LogP contribution >= 0.6 is 11.3 Å². The number of benzene rings is 2. The van der Waals surface area contributed by atoms with Crippen molar-refractivity contribution in [2.75, 3.05) is 6.54 Å². The van der Waals surface area contributed by atoms with Crippen molar-refractivity contribution in [3.8, 4) is 12.3 Å². The predicted octanol–water partition coefficient (Wildman–Crippen LogP) is 2.89. The van der Waals surface area contributed by atoms with Gasteiger partial charge in [-0.1, -0.05) is 23.3 Å². The largest absolute Gasteiger partial charge is 0.302 e. The van der Waals surface area contributed by atoms with E-state index >= 15 is 0 Å². The molecule has 160 valence electrons. The molecule has 3 aromatic rings. The normalized spacial score (nSPS) is 17.8. The van der Waals surface area contributed by atoms with Gasteiger partial charge in [-0.2, -0.15) is 9.30 Å². The summed E-state index contributed by atoms with van der Waals surface area (Å²) in [5.74, 6) is 0.730. The SMILES string of the molecule is C#CCn1c(=NC(=O)C2CCCN2S(=O)(=O)c2ccc(F)cc2)sc2cccc(F)c21. The van der Waals surface area contributed by atoms with E-state index in [1.54, 1.807) is 12.1 Å². The van der Waals surface area contributed by atoms with E-state index in [0.29, 0.717) is 17.5 Å². The zero-order valence-corrected chi connectivity index (χ0v) is 17.8. The zero-order valence-electron chi connectivity index (χ0n) is 16.2. The number of rotatable bonds is 4. The second kappa shape index (κ2) is 8.34. The van der Waals surface area contributed by atoms with Gasteiger partial charge >= 0.3 is 0 Å². The summed E-state index contributed by atoms with van der Waals surface area (Å²) >= 11 is 1.10. The number of terminal acetylenes is 1. The summed E-state index contributed by atoms with van der Waals surface area (Å²) in [5.41, 5.74) is 0.249. The second-order valence-electron chi connectivity index (χ2n) is 6.94. The number of carbonyl (C=O) groups excluding carboxylic acids is 1. The minimum Gasteiger partial charge on any atom is -0.302 e. The van der Waals surface area contributed by atoms with E-state index in [4.69, 9.17) is 6.42 Å². The van der Waals surface area contributed by atoms with Crippen molar-refractivity contribution in [2.45, 2.75) is 30.3 Å². The Kier molecular flexibility index (Phi) is 5.75. The van der Waals surface area contributed by atoms with Crippen molar-refractivity contribution in [3.63, 3.8) is 0 Å². The Hall–Kier alpha value is -2.87. The molecule has 1 fully saturated rings. The van der Waals surface area contributed by atoms with E-state index in [1.807, 2.05) is 0 Å². The monoisotopic (exact) mass is 461 g/mol. The molecule has 0 radical (unpaired) electrons. The number of nitrogens with zero attached hydrogens (tertiary/aromatic N) is 3. The van der Waals surface area contributed by atoms with E-state index in [9.17, 15) is 22.0 Å². The molecule has 31 heavy (non-hydrogen) atoms. The molecule has 10 heteroatoms. The summed E-state index contributed by atoms with van der Waals surface area (Å²) in [7, 11) is -4.00. The molecule has 6 nitrogen and oxygen atoms in total. The fourth-order valence-electron chi connectivity index (χ4n) is 3.60. The van der Waals surface area contributed by atoms with Crippen LogP contribution in [0, 0.1) is 24.0 Å². The molecule has 0 N–H and O–H groups in total. The van der Waals surface area contributed by atoms with Gasteiger partial charge in [-0.25, -0.2) is 17.2 Å². The van der Waals surface area contributed by atoms with Crippen LogP contribution in [0.4, 0.5) is 8.78 Å². The lowest BCUT2D eigenvalue weighted by molar-refractivity contribution is -0.121. The third-order valence-electron chi connectivity index (χ3n) is 5.02. The fourth-order valence-corrected chi connectivity index (χ4v) is 6.30. The van der Waals surface area contributed by atoms with Gasteiger partial charge in [0.2, 0.25) is 10.0 Å². The maximum atomic E-state index is 14.3. The van der Waals surface area contributed by atoms with Crippen LogP contribution in [0.25, 0.3) is 10.2 Å². The highest BCUT2D eigenvalue weighted by Gasteiger charge is 2.39. The molecule has 2 aromatic carbocycles. The third kappa shape index (κ3) is 3.92. The molecule has 0 spiro atoms. The van der Waals surface area contributed by atoms with E-state index in [1.165, 1.54) is 10.6 Å². The first kappa shape index (κ1) is 21.4. The number of halogens is 2. The number of thiazole rings is 1. The van der Waals surface area contributed by atoms with Crippen LogP contribution in [0.1, 0.15) is 12.8 Å². The predicted molar refractivity (Wildman–Crippen MR) is 112 cm³/mol. The lowest BCUT2D eigenvalue weighted by Gasteiger charge is -2.21. The van der Waals surface area contributed by atoms with Crippen LogP contribution in [-0.4, -0.2) is 35.8 Å². The van der Waals surface area contributed by atoms with E-state index in [0.717, 1.165) is 39.9 Å². The van der Waals surface area contributed by atoms with Crippen LogP contribution in [0.15, 0.2) is 52.4 Å². The number of carbonyl (C=O) groups is 1. The van der Waals surface area contributed by atoms with Crippen LogP contribution in [0.3, 0.4) is 0 Å². The average molecular weight is 462 g/mol. The molecule has 1 amide bonds. The molecule has 1 aliphatic rings. The van der Waals surface area contributed by atoms with Gasteiger partial charge in [0.15, 0.2) is 4.80 Å². The molecule has 1 saturated heterocycles. The van der Waals surface area contributed by atoms with E-state index in [2.05, 4.69) is 10.9 Å². The quantitative estimate of drug-likeness (QED) is 0.561. The van der Waals surface area contributed by atoms with Gasteiger partial charge in [-0.3, -0.25) is 4.79 Å². The molecular formula is C21H17F2N3O3S2. The van der Waals surface area contributed by atoms with Gasteiger partial charge in [0.05, 0.1) is 21.7 Å². The van der Waals surface area contributed by atoms with Crippen LogP contribution < -0.4 is 4.80 Å². The number of amides is 1. The highest BCUT2D eigenvalue weighted by atomic mass is 32.2. The zero-order chi connectivity index (χ0) is 22.2. The summed E-state index contributed by atoms with van der Waals surface area (Å²) in [6, 6.07) is 7.98. The Morgan fingerprint density at radius 3 is 2.68 bits per heavy atom. The molecule has 1 aromatic heterocycles. The Labute approximate surface area is 181 Å². The van der Waals surface area contributed by atoms with Crippen molar-refractivity contribution >= 4 is 37.5 Å². The lowest BCUT2D eigenvalue weighted by Crippen LogP contribution is -2.40. The molecule has 0 saturated carbocycles. The van der Waals surface area contributed by atoms with Gasteiger partial charge in [-0.15, -0.1) is 6.42 Å². The number of hydrogen-bond donors (Lipinski definition) is 0. The second-order valence-corrected chi connectivity index (χ2v) is 9.84. The van der Waals surface area contributed by atoms with E-state index in [-0.39, 0.29) is 28.3 Å². The van der Waals surface area contributed by atoms with Crippen molar-refractivity contribution in [3.05, 3.63) is 58.9 Å². The summed E-state index contributed by atoms with van der Waals surface area (Å²) in [6.45, 7) is 0.159. The first-order chi connectivity index (χ1) is 14.8. The third-order valence-corrected chi connectivity index (χ3v) is 7.98. The van der Waals surface area contributed by atoms with Crippen molar-refractivity contribution < 1.29 is 22.0 Å². The topological polar surface area (TPSA) is 71.7 Å². The van der Waals surface area contributed by atoms with Gasteiger partial charge in [0.1, 0.15) is 17.7 Å². The number of hydrogen-bond acceptors (Lipinski definition) is 4. The van der Waals surface area contributed by atoms with Gasteiger partial charge in [0.25, 0.3) is 5.91 Å². The van der Waals surface area contributed by atoms with E-state index < -0.39 is 33.6 Å². The number of aromatic nitrogens is 1. The number of fused-ring (bicyclic) bond motifs is 1. The summed E-state index contributed by atoms with van der Waals surface area (Å²) in [5, 5.41) is 0. The van der Waals surface area contributed by atoms with Crippen molar-refractivity contribution in [1.82, 2.24) is 8.87 Å². The first-order valence-corrected chi connectivity index (χ1v) is 11.7. The Bertz CT molecular complexity index is 1370. The smallest absolute Gasteiger partial charge is 0.266 e. The van der Waals surface area contributed by atoms with Gasteiger partial charge < -0.3 is 4.57 Å². The van der Waals surface area contributed by atoms with Crippen molar-refractivity contribution in [1.29, 1.82) is 0 Å². The van der Waals surface area contributed by atoms with Gasteiger partial charge in [0, 0.05) is 6.54 Å². The summed E-state index contributed by atoms with van der Waals surface area (Å²) < 4.78 is 56.6. The highest BCUT2D eigenvalue weighted by Crippen LogP contribution is 2.27. The van der Waals surface area contributed by atoms with Crippen LogP contribution in [0.5, 0.6) is 0 Å². The maximum Gasteiger partial charge on any atom is 0.266 e. The molecule has 2 heterocycles. The minimum absolute atomic E-state index is 0.00923. The Balaban J connectivity index is 1.74. The Morgan fingerprint density at radius 2 is 1.97 bits per heavy atom. The molecule has 1 atom stereocenters. The molecule has 1 aliphatic heterocycles. The summed E-state index contributed by atoms with van der Waals surface area (Å²) in [4.78, 5) is 17.2. The fraction of sp³-hybridized carbons (Fsp3) is 0.238. The first-order valence-electron chi connectivity index (χ1n) is 9.40. The molecule has 4 rings (SSSR count). The maximum absolute atomic E-state index is 14.3. The highest BCUT2D eigenvalue weighted by molar-refractivity contribution is 7.89. The molecule has 0 bridgehead atoms. The van der Waals surface area contributed by atoms with Crippen LogP contribution in [0.2, 0.25) is 0 Å². The molecule has 1 unspecified atom stereocenters. The Morgan fingerprint density at radius 1 is 1.23 bits per heavy atom. The molecular weight excluding hydrogens is 444 g/mol. The lowest BCUT2D eigenvalue weighted by atomic mass is 10.2. The molecule has 0 aliphatic carbocycles. The number of para-hydroxylation sites is 1. The summed E-state index contributed by atoms with van der Waals surface area (Å²) in [6.07, 6.45) is 6.19. The standard InChI is InChI=1S/C21H17F2N3O3S2/c1-2-12-25-19-16(23)5-3-7-18(19)30-21(25)24-20(27)17-6-4-13-26(17)31(28,29)15-10-8-14(22)9-11-15/h1,3,5,7-11,17H,4,6,12-13H2. The minimum atomic E-state index is -4.00. The average Bonchev–Trinajstić information content (AvgIpc) is 3.35. The number of sulfonamides is 1. The van der Waals surface area contributed by atoms with Crippen molar-refractivity contribution in [2.24, 2.45) is 4.99 Å². The van der Waals surface area contributed by atoms with Gasteiger partial charge in [-0.05, 0) is 49.2 Å².